The van der Waals surface area contributed by atoms with E-state index < -0.39 is 13.7 Å². The van der Waals surface area contributed by atoms with Gasteiger partial charge in [-0.05, 0) is 186 Å². The molecule has 0 bridgehead atoms. The normalized spacial score (nSPS) is 16.5. The maximum atomic E-state index is 7.66. The number of fused-ring (bicyclic) bond motifs is 5. The third-order valence-electron chi connectivity index (χ3n) is 23.1. The number of para-hydroxylation sites is 5. The second-order valence-corrected chi connectivity index (χ2v) is 30.2. The highest BCUT2D eigenvalue weighted by Gasteiger charge is 2.38. The minimum atomic E-state index is -2.08. The number of nitrogens with zero attached hydrogens (tertiary/aromatic N) is 10. The van der Waals surface area contributed by atoms with Crippen LogP contribution in [-0.4, -0.2) is 69.5 Å². The van der Waals surface area contributed by atoms with Crippen LogP contribution in [0.25, 0.3) is 30.4 Å². The van der Waals surface area contributed by atoms with Crippen molar-refractivity contribution >= 4 is 121 Å². The zero-order valence-corrected chi connectivity index (χ0v) is 64.5. The highest BCUT2D eigenvalue weighted by molar-refractivity contribution is 6.83. The van der Waals surface area contributed by atoms with Crippen molar-refractivity contribution in [3.05, 3.63) is 298 Å². The van der Waals surface area contributed by atoms with E-state index >= 15 is 0 Å². The highest BCUT2D eigenvalue weighted by atomic mass is 15.1. The summed E-state index contributed by atoms with van der Waals surface area (Å²) in [7, 11) is 20.9. The lowest BCUT2D eigenvalue weighted by molar-refractivity contribution is -0.654. The van der Waals surface area contributed by atoms with Crippen LogP contribution in [0.15, 0.2) is 237 Å². The van der Waals surface area contributed by atoms with Crippen LogP contribution < -0.4 is 74.9 Å². The van der Waals surface area contributed by atoms with Crippen LogP contribution in [0.2, 0.25) is 0 Å². The molecule has 2 fully saturated rings. The van der Waals surface area contributed by atoms with E-state index in [0.29, 0.717) is 31.7 Å². The van der Waals surface area contributed by atoms with Gasteiger partial charge in [0.25, 0.3) is 0 Å². The molecule has 10 heterocycles. The van der Waals surface area contributed by atoms with Crippen molar-refractivity contribution in [2.75, 3.05) is 59.3 Å². The van der Waals surface area contributed by atoms with Crippen LogP contribution >= 0.6 is 0 Å². The fourth-order valence-electron chi connectivity index (χ4n) is 16.8. The van der Waals surface area contributed by atoms with Crippen molar-refractivity contribution < 1.29 is 31.1 Å². The summed E-state index contributed by atoms with van der Waals surface area (Å²) in [6.45, 7) is 0.917. The molecule has 0 unspecified atom stereocenters. The molecule has 15 heteroatoms. The second kappa shape index (κ2) is 33.5. The first-order valence-electron chi connectivity index (χ1n) is 41.2. The maximum Gasteiger partial charge on any atom is 0.396 e. The minimum Gasteiger partial charge on any atom is -0.405 e. The van der Waals surface area contributed by atoms with Gasteiger partial charge in [-0.15, -0.1) is 0 Å². The first-order chi connectivity index (χ1) is 53.8. The Kier molecular flexibility index (Phi) is 21.1. The molecule has 0 saturated heterocycles. The number of rotatable bonds is 8. The third-order valence-corrected chi connectivity index (χ3v) is 23.1. The number of aryl methyl sites for hydroxylation is 9. The zero-order valence-electron chi connectivity index (χ0n) is 70.5. The number of pyridine rings is 5. The first-order valence-corrected chi connectivity index (χ1v) is 38.2. The summed E-state index contributed by atoms with van der Waals surface area (Å²) >= 11 is 0. The van der Waals surface area contributed by atoms with E-state index in [4.69, 9.17) is 8.22 Å². The SMILES string of the molecule is CN1B(c2cc(C3CCCC3)cc[n+]2C)C=Cc2ccccc21.CN1B(c2cc(CC3CCCCC3)cc[n+]2C)C=Cc2ccccc21.Cc1cc[n+](C)c(B2C=Cc3ccccc3N2C)c1.[2H]C([2H])([2H])c1c[n+](C)c(B2C=Cc3ccccc3N2C)cc1C.[2H]C([2H])([2H])c1ccc(B2C=Cc3ccccc3N2C)[n+](C)c1. The Balaban J connectivity index is 0.000000123. The van der Waals surface area contributed by atoms with Crippen molar-refractivity contribution in [2.45, 2.75) is 97.7 Å². The smallest absolute Gasteiger partial charge is 0.396 e. The van der Waals surface area contributed by atoms with Gasteiger partial charge in [0.05, 0.1) is 0 Å². The molecule has 7 aliphatic rings. The van der Waals surface area contributed by atoms with Crippen LogP contribution in [-0.2, 0) is 41.7 Å². The molecule has 10 aromatic rings. The van der Waals surface area contributed by atoms with E-state index in [0.717, 1.165) is 28.6 Å². The highest BCUT2D eigenvalue weighted by Crippen LogP contribution is 2.35. The number of hydrogen-bond acceptors (Lipinski definition) is 5. The number of hydrogen-bond donors (Lipinski definition) is 0. The van der Waals surface area contributed by atoms with Crippen molar-refractivity contribution in [3.63, 3.8) is 0 Å². The number of aromatic nitrogens is 5. The average Bonchev–Trinajstić information content (AvgIpc) is 0.940. The van der Waals surface area contributed by atoms with Crippen LogP contribution in [0.4, 0.5) is 28.4 Å². The molecule has 17 rings (SSSR count). The Labute approximate surface area is 644 Å². The summed E-state index contributed by atoms with van der Waals surface area (Å²) in [5.74, 6) is 12.9. The van der Waals surface area contributed by atoms with E-state index in [9.17, 15) is 0 Å². The first kappa shape index (κ1) is 66.6. The third kappa shape index (κ3) is 16.6. The van der Waals surface area contributed by atoms with E-state index in [1.54, 1.807) is 18.5 Å². The number of anilines is 5. The molecule has 0 spiro atoms. The Morgan fingerprint density at radius 1 is 0.349 bits per heavy atom. The van der Waals surface area contributed by atoms with Gasteiger partial charge in [0.15, 0.2) is 59.0 Å². The summed E-state index contributed by atoms with van der Waals surface area (Å²) in [5, 5.41) is 0. The lowest BCUT2D eigenvalue weighted by Gasteiger charge is -2.28. The van der Waals surface area contributed by atoms with E-state index in [2.05, 4.69) is 313 Å². The van der Waals surface area contributed by atoms with Gasteiger partial charge in [-0.1, -0.05) is 196 Å². The molecule has 5 aromatic heterocycles. The summed E-state index contributed by atoms with van der Waals surface area (Å²) in [6, 6.07) is 61.9. The fourth-order valence-corrected chi connectivity index (χ4v) is 16.8. The predicted octanol–water partition coefficient (Wildman–Crippen LogP) is 12.1. The minimum absolute atomic E-state index is 0.0826. The van der Waals surface area contributed by atoms with Gasteiger partial charge in [0.1, 0.15) is 35.2 Å². The van der Waals surface area contributed by atoms with Crippen molar-refractivity contribution in [1.82, 2.24) is 0 Å². The van der Waals surface area contributed by atoms with Crippen molar-refractivity contribution in [3.8, 4) is 0 Å². The Hall–Kier alpha value is -10.1. The predicted molar refractivity (Wildman–Crippen MR) is 455 cm³/mol. The van der Waals surface area contributed by atoms with Crippen LogP contribution in [0.1, 0.15) is 133 Å². The molecular weight excluding hydrogens is 1290 g/mol. The molecule has 532 valence electrons. The molecule has 0 N–H and O–H groups in total. The zero-order chi connectivity index (χ0) is 79.1. The van der Waals surface area contributed by atoms with E-state index in [1.165, 1.54) is 154 Å². The van der Waals surface area contributed by atoms with Crippen molar-refractivity contribution in [2.24, 2.45) is 41.2 Å². The molecular formula is C91H108B5N10+5. The lowest BCUT2D eigenvalue weighted by atomic mass is 9.54. The summed E-state index contributed by atoms with van der Waals surface area (Å²) in [5.41, 5.74) is 24.7. The van der Waals surface area contributed by atoms with Gasteiger partial charge in [-0.2, -0.15) is 0 Å². The summed E-state index contributed by atoms with van der Waals surface area (Å²) in [4.78, 5) is 11.6. The molecule has 5 aromatic carbocycles. The Morgan fingerprint density at radius 3 is 1.16 bits per heavy atom. The van der Waals surface area contributed by atoms with E-state index in [1.807, 2.05) is 66.6 Å². The van der Waals surface area contributed by atoms with Crippen LogP contribution in [0.5, 0.6) is 0 Å². The monoisotopic (exact) mass is 1400 g/mol. The molecule has 2 aliphatic carbocycles. The quantitative estimate of drug-likeness (QED) is 0.112. The van der Waals surface area contributed by atoms with E-state index in [-0.39, 0.29) is 13.7 Å². The van der Waals surface area contributed by atoms with Gasteiger partial charge in [0, 0.05) is 90.3 Å². The standard InChI is InChI=1S/C22H28BN2.C20H24BN2.C17H20BN2.2C16H18BN2/c1-24-15-13-19(16-18-8-4-3-5-9-18)17-22(24)23-14-12-20-10-6-7-11-21(20)25(23)2;1-22-14-12-18(16-7-3-4-8-16)15-20(22)21-13-11-17-9-5-6-10-19(17)23(21)2;1-13-11-17(19(3)12-14(13)2)18-10-9-15-7-5-6-8-16(15)20(18)4;1-13-9-11-18(2)16(12-13)17-10-8-14-6-4-5-7-15(14)19(17)3;1-13-8-9-16(18(2)12-13)17-11-10-14-6-4-5-7-15(14)19(17)3/h6-7,10-15,17-18H,3-5,8-9,16H2,1-2H3;5-6,9-16H,3-4,7-8H2,1-2H3;5-12H,1-4H3;2*4-12H,1-3H3/q5*+1/i;;2D3;;1D3. The topological polar surface area (TPSA) is 35.6 Å². The van der Waals surface area contributed by atoms with Gasteiger partial charge < -0.3 is 24.1 Å². The largest absolute Gasteiger partial charge is 0.405 e. The summed E-state index contributed by atoms with van der Waals surface area (Å²) in [6.07, 6.45) is 34.9. The molecule has 106 heavy (non-hydrogen) atoms. The van der Waals surface area contributed by atoms with Crippen molar-refractivity contribution in [1.29, 1.82) is 0 Å². The lowest BCUT2D eigenvalue weighted by Crippen LogP contribution is -2.60. The molecule has 5 aliphatic heterocycles. The number of benzene rings is 5. The second-order valence-electron chi connectivity index (χ2n) is 30.2. The fraction of sp³-hybridized carbons (Fsp3) is 0.286. The molecule has 10 nitrogen and oxygen atoms in total. The van der Waals surface area contributed by atoms with Gasteiger partial charge in [0.2, 0.25) is 0 Å². The Bertz CT molecular complexity index is 5180. The Morgan fingerprint density at radius 2 is 0.726 bits per heavy atom. The molecule has 2 saturated carbocycles. The van der Waals surface area contributed by atoms with Gasteiger partial charge >= 0.3 is 34.2 Å². The molecule has 0 atom stereocenters. The van der Waals surface area contributed by atoms with Gasteiger partial charge in [-0.25, -0.2) is 22.8 Å². The average molecular weight is 1400 g/mol. The molecule has 0 amide bonds. The van der Waals surface area contributed by atoms with Crippen LogP contribution in [0.3, 0.4) is 0 Å². The molecule has 0 radical (unpaired) electrons. The summed E-state index contributed by atoms with van der Waals surface area (Å²) < 4.78 is 56.1. The maximum absolute atomic E-state index is 7.66. The van der Waals surface area contributed by atoms with Crippen LogP contribution in [0, 0.1) is 33.5 Å². The van der Waals surface area contributed by atoms with Gasteiger partial charge in [-0.3, -0.25) is 0 Å².